The molecular formula is C15H22ClN3O2. The van der Waals surface area contributed by atoms with Crippen molar-refractivity contribution in [2.75, 3.05) is 24.6 Å². The van der Waals surface area contributed by atoms with E-state index in [2.05, 4.69) is 5.32 Å². The molecule has 0 aromatic heterocycles. The third-order valence-electron chi connectivity index (χ3n) is 4.07. The minimum Gasteiger partial charge on any atom is -0.397 e. The van der Waals surface area contributed by atoms with Gasteiger partial charge in [-0.3, -0.25) is 9.69 Å². The number of hydrogen-bond acceptors (Lipinski definition) is 4. The van der Waals surface area contributed by atoms with Gasteiger partial charge in [-0.2, -0.15) is 0 Å². The molecule has 1 aromatic rings. The predicted octanol–water partition coefficient (Wildman–Crippen LogP) is 1.95. The van der Waals surface area contributed by atoms with Gasteiger partial charge in [0.15, 0.2) is 0 Å². The Labute approximate surface area is 130 Å². The summed E-state index contributed by atoms with van der Waals surface area (Å²) in [6, 6.07) is 4.72. The number of likely N-dealkylation sites (N-methyl/N-ethyl adjacent to an activating group) is 1. The number of rotatable bonds is 5. The molecule has 1 aliphatic carbocycles. The van der Waals surface area contributed by atoms with E-state index < -0.39 is 0 Å². The Kier molecular flexibility index (Phi) is 5.08. The van der Waals surface area contributed by atoms with Gasteiger partial charge in [-0.05, 0) is 50.9 Å². The van der Waals surface area contributed by atoms with Crippen molar-refractivity contribution in [2.45, 2.75) is 31.9 Å². The van der Waals surface area contributed by atoms with Gasteiger partial charge in [-0.15, -0.1) is 0 Å². The molecule has 1 saturated carbocycles. The first-order valence-corrected chi connectivity index (χ1v) is 7.48. The van der Waals surface area contributed by atoms with Crippen LogP contribution >= 0.6 is 11.6 Å². The molecule has 1 aliphatic rings. The van der Waals surface area contributed by atoms with E-state index >= 15 is 0 Å². The van der Waals surface area contributed by atoms with Gasteiger partial charge in [0.2, 0.25) is 5.91 Å². The zero-order valence-electron chi connectivity index (χ0n) is 12.3. The molecule has 1 unspecified atom stereocenters. The lowest BCUT2D eigenvalue weighted by Crippen LogP contribution is -2.45. The van der Waals surface area contributed by atoms with Crippen LogP contribution in [0.5, 0.6) is 0 Å². The van der Waals surface area contributed by atoms with E-state index in [0.717, 1.165) is 19.4 Å². The van der Waals surface area contributed by atoms with Crippen LogP contribution in [0.25, 0.3) is 0 Å². The average molecular weight is 312 g/mol. The van der Waals surface area contributed by atoms with Crippen molar-refractivity contribution in [1.29, 1.82) is 0 Å². The van der Waals surface area contributed by atoms with E-state index in [-0.39, 0.29) is 18.1 Å². The molecule has 116 valence electrons. The first-order valence-electron chi connectivity index (χ1n) is 7.11. The van der Waals surface area contributed by atoms with Crippen molar-refractivity contribution in [3.05, 3.63) is 23.2 Å². The number of benzene rings is 1. The van der Waals surface area contributed by atoms with Gasteiger partial charge in [0, 0.05) is 11.6 Å². The third kappa shape index (κ3) is 4.09. The highest BCUT2D eigenvalue weighted by Crippen LogP contribution is 2.28. The van der Waals surface area contributed by atoms with Crippen LogP contribution in [-0.4, -0.2) is 41.7 Å². The van der Waals surface area contributed by atoms with Crippen LogP contribution in [0.15, 0.2) is 18.2 Å². The van der Waals surface area contributed by atoms with Crippen LogP contribution < -0.4 is 11.1 Å². The normalized spacial score (nSPS) is 22.7. The SMILES string of the molecule is CC(C(=O)Nc1cc(Cl)ccc1N)N(C)CC1CC(O)C1. The van der Waals surface area contributed by atoms with Crippen LogP contribution in [0.4, 0.5) is 11.4 Å². The van der Waals surface area contributed by atoms with Crippen molar-refractivity contribution in [3.63, 3.8) is 0 Å². The third-order valence-corrected chi connectivity index (χ3v) is 4.31. The van der Waals surface area contributed by atoms with Gasteiger partial charge in [0.05, 0.1) is 23.5 Å². The molecule has 0 spiro atoms. The average Bonchev–Trinajstić information content (AvgIpc) is 2.40. The number of nitrogens with zero attached hydrogens (tertiary/aromatic N) is 1. The molecule has 2 rings (SSSR count). The van der Waals surface area contributed by atoms with Gasteiger partial charge in [-0.25, -0.2) is 0 Å². The minimum atomic E-state index is -0.277. The Morgan fingerprint density at radius 2 is 2.24 bits per heavy atom. The molecule has 1 aromatic carbocycles. The monoisotopic (exact) mass is 311 g/mol. The summed E-state index contributed by atoms with van der Waals surface area (Å²) >= 11 is 5.91. The maximum atomic E-state index is 12.3. The number of carbonyl (C=O) groups excluding carboxylic acids is 1. The molecule has 1 fully saturated rings. The summed E-state index contributed by atoms with van der Waals surface area (Å²) in [6.07, 6.45) is 1.47. The number of aliphatic hydroxyl groups excluding tert-OH is 1. The second kappa shape index (κ2) is 6.64. The zero-order chi connectivity index (χ0) is 15.6. The highest BCUT2D eigenvalue weighted by atomic mass is 35.5. The molecule has 6 heteroatoms. The van der Waals surface area contributed by atoms with E-state index in [0.29, 0.717) is 22.3 Å². The molecule has 0 radical (unpaired) electrons. The summed E-state index contributed by atoms with van der Waals surface area (Å²) in [6.45, 7) is 2.65. The first-order chi connectivity index (χ1) is 9.86. The number of halogens is 1. The summed E-state index contributed by atoms with van der Waals surface area (Å²) in [5.74, 6) is 0.350. The number of amides is 1. The molecular weight excluding hydrogens is 290 g/mol. The minimum absolute atomic E-state index is 0.119. The van der Waals surface area contributed by atoms with Gasteiger partial charge >= 0.3 is 0 Å². The number of carbonyl (C=O) groups is 1. The summed E-state index contributed by atoms with van der Waals surface area (Å²) in [7, 11) is 1.91. The Bertz CT molecular complexity index is 518. The molecule has 5 nitrogen and oxygen atoms in total. The smallest absolute Gasteiger partial charge is 0.241 e. The summed E-state index contributed by atoms with van der Waals surface area (Å²) in [5, 5.41) is 12.6. The quantitative estimate of drug-likeness (QED) is 0.726. The number of hydrogen-bond donors (Lipinski definition) is 3. The Morgan fingerprint density at radius 1 is 1.57 bits per heavy atom. The van der Waals surface area contributed by atoms with Crippen molar-refractivity contribution in [2.24, 2.45) is 5.92 Å². The Morgan fingerprint density at radius 3 is 2.86 bits per heavy atom. The van der Waals surface area contributed by atoms with Gasteiger partial charge in [-0.1, -0.05) is 11.6 Å². The van der Waals surface area contributed by atoms with Crippen molar-refractivity contribution < 1.29 is 9.90 Å². The lowest BCUT2D eigenvalue weighted by atomic mass is 9.82. The number of nitrogen functional groups attached to an aromatic ring is 1. The standard InChI is InChI=1S/C15H22ClN3O2/c1-9(19(2)8-10-5-12(20)6-10)15(21)18-14-7-11(16)3-4-13(14)17/h3-4,7,9-10,12,20H,5-6,8,17H2,1-2H3,(H,18,21). The summed E-state index contributed by atoms with van der Waals surface area (Å²) < 4.78 is 0. The van der Waals surface area contributed by atoms with Crippen molar-refractivity contribution >= 4 is 28.9 Å². The fourth-order valence-electron chi connectivity index (χ4n) is 2.49. The van der Waals surface area contributed by atoms with Crippen molar-refractivity contribution in [3.8, 4) is 0 Å². The van der Waals surface area contributed by atoms with Crippen LogP contribution in [0.2, 0.25) is 5.02 Å². The molecule has 21 heavy (non-hydrogen) atoms. The number of nitrogens with one attached hydrogen (secondary N) is 1. The molecule has 1 amide bonds. The second-order valence-corrected chi connectivity index (χ2v) is 6.26. The molecule has 0 heterocycles. The number of anilines is 2. The Hall–Kier alpha value is -1.30. The lowest BCUT2D eigenvalue weighted by Gasteiger charge is -2.36. The van der Waals surface area contributed by atoms with E-state index in [1.807, 2.05) is 18.9 Å². The predicted molar refractivity (Wildman–Crippen MR) is 85.3 cm³/mol. The molecule has 4 N–H and O–H groups in total. The van der Waals surface area contributed by atoms with Crippen LogP contribution in [0, 0.1) is 5.92 Å². The van der Waals surface area contributed by atoms with E-state index in [1.165, 1.54) is 0 Å². The maximum Gasteiger partial charge on any atom is 0.241 e. The fraction of sp³-hybridized carbons (Fsp3) is 0.533. The number of nitrogens with two attached hydrogens (primary N) is 1. The van der Waals surface area contributed by atoms with Crippen molar-refractivity contribution in [1.82, 2.24) is 4.90 Å². The lowest BCUT2D eigenvalue weighted by molar-refractivity contribution is -0.120. The summed E-state index contributed by atoms with van der Waals surface area (Å²) in [5.41, 5.74) is 6.85. The number of aliphatic hydroxyl groups is 1. The van der Waals surface area contributed by atoms with E-state index in [9.17, 15) is 9.90 Å². The summed E-state index contributed by atoms with van der Waals surface area (Å²) in [4.78, 5) is 14.3. The van der Waals surface area contributed by atoms with Gasteiger partial charge < -0.3 is 16.2 Å². The zero-order valence-corrected chi connectivity index (χ0v) is 13.1. The largest absolute Gasteiger partial charge is 0.397 e. The molecule has 0 bridgehead atoms. The molecule has 0 saturated heterocycles. The second-order valence-electron chi connectivity index (χ2n) is 5.83. The highest BCUT2D eigenvalue weighted by molar-refractivity contribution is 6.31. The fourth-order valence-corrected chi connectivity index (χ4v) is 2.66. The van der Waals surface area contributed by atoms with Crippen LogP contribution in [0.3, 0.4) is 0 Å². The Balaban J connectivity index is 1.91. The molecule has 1 atom stereocenters. The van der Waals surface area contributed by atoms with Gasteiger partial charge in [0.1, 0.15) is 0 Å². The maximum absolute atomic E-state index is 12.3. The van der Waals surface area contributed by atoms with Gasteiger partial charge in [0.25, 0.3) is 0 Å². The van der Waals surface area contributed by atoms with Crippen LogP contribution in [0.1, 0.15) is 19.8 Å². The van der Waals surface area contributed by atoms with E-state index in [4.69, 9.17) is 17.3 Å². The highest BCUT2D eigenvalue weighted by Gasteiger charge is 2.30. The molecule has 0 aliphatic heterocycles. The van der Waals surface area contributed by atoms with E-state index in [1.54, 1.807) is 18.2 Å². The first kappa shape index (κ1) is 16.1. The topological polar surface area (TPSA) is 78.6 Å². The van der Waals surface area contributed by atoms with Crippen LogP contribution in [-0.2, 0) is 4.79 Å².